The van der Waals surface area contributed by atoms with Crippen molar-refractivity contribution in [3.63, 3.8) is 0 Å². The highest BCUT2D eigenvalue weighted by molar-refractivity contribution is 6.74. The van der Waals surface area contributed by atoms with Crippen molar-refractivity contribution in [3.8, 4) is 5.75 Å². The summed E-state index contributed by atoms with van der Waals surface area (Å²) in [6.45, 7) is 10.9. The fourth-order valence-electron chi connectivity index (χ4n) is 1.61. The Morgan fingerprint density at radius 3 is 2.10 bits per heavy atom. The lowest BCUT2D eigenvalue weighted by Gasteiger charge is -2.36. The molecule has 5 heteroatoms. The predicted octanol–water partition coefficient (Wildman–Crippen LogP) is 3.42. The van der Waals surface area contributed by atoms with Crippen molar-refractivity contribution in [3.05, 3.63) is 29.8 Å². The molecule has 0 bridgehead atoms. The van der Waals surface area contributed by atoms with Crippen molar-refractivity contribution in [1.29, 1.82) is 0 Å². The Morgan fingerprint density at radius 1 is 1.25 bits per heavy atom. The second kappa shape index (κ2) is 5.97. The molecule has 1 aromatic rings. The van der Waals surface area contributed by atoms with Crippen LogP contribution in [0.15, 0.2) is 24.3 Å². The summed E-state index contributed by atoms with van der Waals surface area (Å²) in [4.78, 5) is 11.1. The summed E-state index contributed by atoms with van der Waals surface area (Å²) in [5, 5.41) is 12.0. The predicted molar refractivity (Wildman–Crippen MR) is 83.7 cm³/mol. The Morgan fingerprint density at radius 2 is 1.75 bits per heavy atom. The van der Waals surface area contributed by atoms with E-state index in [-0.39, 0.29) is 5.04 Å². The van der Waals surface area contributed by atoms with Crippen LogP contribution < -0.4 is 9.74 Å². The standard InChI is InChI=1S/C15H25NO3Si/c1-15(2,3)20(5,6)19-12-9-7-11(8-10-12)13(16-4)14(17)18/h7-10,13,16H,1-6H3,(H,17,18)/t13-/m0/s1. The van der Waals surface area contributed by atoms with Crippen LogP contribution in [0.5, 0.6) is 5.75 Å². The minimum atomic E-state index is -1.85. The molecular weight excluding hydrogens is 270 g/mol. The smallest absolute Gasteiger partial charge is 0.325 e. The monoisotopic (exact) mass is 295 g/mol. The summed E-state index contributed by atoms with van der Waals surface area (Å²) < 4.78 is 6.17. The first-order valence-corrected chi connectivity index (χ1v) is 9.68. The summed E-state index contributed by atoms with van der Waals surface area (Å²) in [5.74, 6) is -0.0776. The van der Waals surface area contributed by atoms with Gasteiger partial charge >= 0.3 is 5.97 Å². The van der Waals surface area contributed by atoms with Gasteiger partial charge in [0.2, 0.25) is 8.32 Å². The maximum absolute atomic E-state index is 11.1. The molecule has 0 saturated heterocycles. The molecule has 0 amide bonds. The first kappa shape index (κ1) is 16.7. The second-order valence-corrected chi connectivity index (χ2v) is 11.2. The maximum atomic E-state index is 11.1. The molecule has 0 spiro atoms. The number of hydrogen-bond donors (Lipinski definition) is 2. The van der Waals surface area contributed by atoms with Crippen LogP contribution in [0.4, 0.5) is 0 Å². The van der Waals surface area contributed by atoms with Crippen LogP contribution in [0.2, 0.25) is 18.1 Å². The van der Waals surface area contributed by atoms with Crippen LogP contribution in [-0.4, -0.2) is 26.4 Å². The molecule has 0 saturated carbocycles. The normalized spacial score (nSPS) is 13.9. The fraction of sp³-hybridized carbons (Fsp3) is 0.533. The third-order valence-electron chi connectivity index (χ3n) is 3.93. The second-order valence-electron chi connectivity index (χ2n) is 6.49. The average molecular weight is 295 g/mol. The molecule has 4 nitrogen and oxygen atoms in total. The molecular formula is C15H25NO3Si. The number of carboxylic acids is 1. The van der Waals surface area contributed by atoms with Crippen LogP contribution in [0.25, 0.3) is 0 Å². The summed E-state index contributed by atoms with van der Waals surface area (Å²) in [7, 11) is -0.215. The van der Waals surface area contributed by atoms with E-state index >= 15 is 0 Å². The third kappa shape index (κ3) is 3.83. The van der Waals surface area contributed by atoms with Gasteiger partial charge in [-0.2, -0.15) is 0 Å². The lowest BCUT2D eigenvalue weighted by Crippen LogP contribution is -2.43. The van der Waals surface area contributed by atoms with E-state index in [0.717, 1.165) is 11.3 Å². The van der Waals surface area contributed by atoms with Crippen LogP contribution in [-0.2, 0) is 4.79 Å². The number of carboxylic acid groups (broad SMARTS) is 1. The number of carbonyl (C=O) groups is 1. The summed E-state index contributed by atoms with van der Waals surface area (Å²) in [5.41, 5.74) is 0.725. The van der Waals surface area contributed by atoms with Crippen LogP contribution >= 0.6 is 0 Å². The Hall–Kier alpha value is -1.33. The van der Waals surface area contributed by atoms with Gasteiger partial charge in [0.1, 0.15) is 11.8 Å². The molecule has 0 radical (unpaired) electrons. The van der Waals surface area contributed by atoms with Crippen molar-refractivity contribution < 1.29 is 14.3 Å². The molecule has 0 heterocycles. The van der Waals surface area contributed by atoms with Crippen molar-refractivity contribution in [2.24, 2.45) is 0 Å². The fourth-order valence-corrected chi connectivity index (χ4v) is 2.64. The van der Waals surface area contributed by atoms with E-state index in [1.807, 2.05) is 12.1 Å². The number of rotatable bonds is 5. The van der Waals surface area contributed by atoms with E-state index in [1.165, 1.54) is 0 Å². The molecule has 0 aliphatic heterocycles. The molecule has 1 atom stereocenters. The van der Waals surface area contributed by atoms with Gasteiger partial charge in [0.15, 0.2) is 0 Å². The van der Waals surface area contributed by atoms with Gasteiger partial charge in [0, 0.05) is 0 Å². The van der Waals surface area contributed by atoms with Gasteiger partial charge in [-0.1, -0.05) is 32.9 Å². The summed E-state index contributed by atoms with van der Waals surface area (Å²) in [6, 6.07) is 6.62. The van der Waals surface area contributed by atoms with E-state index in [9.17, 15) is 4.79 Å². The Labute approximate surface area is 122 Å². The van der Waals surface area contributed by atoms with Gasteiger partial charge in [-0.05, 0) is 42.9 Å². The quantitative estimate of drug-likeness (QED) is 0.817. The topological polar surface area (TPSA) is 58.6 Å². The number of benzene rings is 1. The van der Waals surface area contributed by atoms with E-state index in [1.54, 1.807) is 19.2 Å². The van der Waals surface area contributed by atoms with Crippen LogP contribution in [0.1, 0.15) is 32.4 Å². The van der Waals surface area contributed by atoms with Gasteiger partial charge in [-0.3, -0.25) is 4.79 Å². The van der Waals surface area contributed by atoms with E-state index in [0.29, 0.717) is 0 Å². The van der Waals surface area contributed by atoms with Crippen molar-refractivity contribution >= 4 is 14.3 Å². The van der Waals surface area contributed by atoms with Crippen LogP contribution in [0.3, 0.4) is 0 Å². The largest absolute Gasteiger partial charge is 0.544 e. The molecule has 0 fully saturated rings. The minimum Gasteiger partial charge on any atom is -0.544 e. The molecule has 1 rings (SSSR count). The number of nitrogens with one attached hydrogen (secondary N) is 1. The lowest BCUT2D eigenvalue weighted by atomic mass is 10.1. The molecule has 0 aliphatic carbocycles. The number of hydrogen-bond acceptors (Lipinski definition) is 3. The molecule has 2 N–H and O–H groups in total. The van der Waals surface area contributed by atoms with Gasteiger partial charge in [0.05, 0.1) is 0 Å². The molecule has 0 aliphatic rings. The molecule has 1 aromatic carbocycles. The zero-order chi connectivity index (χ0) is 15.6. The van der Waals surface area contributed by atoms with E-state index < -0.39 is 20.3 Å². The van der Waals surface area contributed by atoms with Crippen molar-refractivity contribution in [2.75, 3.05) is 7.05 Å². The first-order valence-electron chi connectivity index (χ1n) is 6.77. The van der Waals surface area contributed by atoms with Crippen molar-refractivity contribution in [1.82, 2.24) is 5.32 Å². The van der Waals surface area contributed by atoms with Gasteiger partial charge in [-0.25, -0.2) is 0 Å². The van der Waals surface area contributed by atoms with Gasteiger partial charge in [0.25, 0.3) is 0 Å². The minimum absolute atomic E-state index is 0.139. The molecule has 112 valence electrons. The SMILES string of the molecule is CN[C@H](C(=O)O)c1ccc(O[Si](C)(C)C(C)(C)C)cc1. The maximum Gasteiger partial charge on any atom is 0.325 e. The number of likely N-dealkylation sites (N-methyl/N-ethyl adjacent to an activating group) is 1. The van der Waals surface area contributed by atoms with Gasteiger partial charge in [-0.15, -0.1) is 0 Å². The highest BCUT2D eigenvalue weighted by atomic mass is 28.4. The summed E-state index contributed by atoms with van der Waals surface area (Å²) in [6.07, 6.45) is 0. The Balaban J connectivity index is 2.90. The molecule has 0 unspecified atom stereocenters. The highest BCUT2D eigenvalue weighted by Crippen LogP contribution is 2.37. The van der Waals surface area contributed by atoms with Crippen molar-refractivity contribution in [2.45, 2.75) is 44.9 Å². The average Bonchev–Trinajstić information content (AvgIpc) is 2.30. The van der Waals surface area contributed by atoms with Gasteiger partial charge < -0.3 is 14.8 Å². The molecule has 0 aromatic heterocycles. The number of aliphatic carboxylic acids is 1. The van der Waals surface area contributed by atoms with E-state index in [4.69, 9.17) is 9.53 Å². The Bertz CT molecular complexity index is 463. The zero-order valence-electron chi connectivity index (χ0n) is 13.2. The van der Waals surface area contributed by atoms with Crippen LogP contribution in [0, 0.1) is 0 Å². The first-order chi connectivity index (χ1) is 9.08. The molecule has 20 heavy (non-hydrogen) atoms. The Kier molecular flexibility index (Phi) is 4.99. The van der Waals surface area contributed by atoms with E-state index in [2.05, 4.69) is 39.2 Å². The lowest BCUT2D eigenvalue weighted by molar-refractivity contribution is -0.139. The zero-order valence-corrected chi connectivity index (χ0v) is 14.2. The third-order valence-corrected chi connectivity index (χ3v) is 8.29. The highest BCUT2D eigenvalue weighted by Gasteiger charge is 2.38. The summed E-state index contributed by atoms with van der Waals surface area (Å²) >= 11 is 0.